The maximum absolute atomic E-state index is 13.0. The number of benzene rings is 2. The minimum Gasteiger partial charge on any atom is -0.346 e. The Bertz CT molecular complexity index is 1060. The fourth-order valence-corrected chi connectivity index (χ4v) is 3.63. The van der Waals surface area contributed by atoms with E-state index in [1.54, 1.807) is 28.8 Å². The summed E-state index contributed by atoms with van der Waals surface area (Å²) in [7, 11) is 1.80. The molecule has 2 aromatic carbocycles. The quantitative estimate of drug-likeness (QED) is 0.756. The molecule has 1 N–H and O–H groups in total. The number of carbonyl (C=O) groups excluding carboxylic acids is 2. The molecule has 0 aliphatic carbocycles. The van der Waals surface area contributed by atoms with Crippen LogP contribution < -0.4 is 5.32 Å². The standard InChI is InChI=1S/C21H21FN4O2/c1-13-3-8-18-17(9-13)20(24-25(18)2)21(28)23-16-10-19(27)26(12-16)11-14-4-6-15(22)7-5-14/h3-9,16H,10-12H2,1-2H3,(H,23,28). The van der Waals surface area contributed by atoms with E-state index in [4.69, 9.17) is 0 Å². The first-order valence-electron chi connectivity index (χ1n) is 9.17. The fourth-order valence-electron chi connectivity index (χ4n) is 3.63. The van der Waals surface area contributed by atoms with E-state index < -0.39 is 0 Å². The topological polar surface area (TPSA) is 67.2 Å². The van der Waals surface area contributed by atoms with E-state index in [2.05, 4.69) is 10.4 Å². The molecule has 1 unspecified atom stereocenters. The van der Waals surface area contributed by atoms with Crippen LogP contribution in [0.15, 0.2) is 42.5 Å². The molecule has 3 aromatic rings. The van der Waals surface area contributed by atoms with Crippen molar-refractivity contribution in [2.75, 3.05) is 6.54 Å². The van der Waals surface area contributed by atoms with Crippen molar-refractivity contribution in [2.24, 2.45) is 7.05 Å². The fraction of sp³-hybridized carbons (Fsp3) is 0.286. The molecule has 1 saturated heterocycles. The number of likely N-dealkylation sites (tertiary alicyclic amines) is 1. The van der Waals surface area contributed by atoms with Crippen LogP contribution in [0, 0.1) is 12.7 Å². The van der Waals surface area contributed by atoms with Gasteiger partial charge in [0.25, 0.3) is 5.91 Å². The average Bonchev–Trinajstić information content (AvgIpc) is 3.16. The lowest BCUT2D eigenvalue weighted by atomic mass is 10.1. The lowest BCUT2D eigenvalue weighted by Crippen LogP contribution is -2.37. The second-order valence-corrected chi connectivity index (χ2v) is 7.27. The number of aromatic nitrogens is 2. The predicted octanol–water partition coefficient (Wildman–Crippen LogP) is 2.55. The molecule has 28 heavy (non-hydrogen) atoms. The van der Waals surface area contributed by atoms with Gasteiger partial charge in [-0.1, -0.05) is 23.8 Å². The van der Waals surface area contributed by atoms with Gasteiger partial charge in [-0.25, -0.2) is 4.39 Å². The van der Waals surface area contributed by atoms with Gasteiger partial charge in [0.2, 0.25) is 5.91 Å². The molecule has 0 bridgehead atoms. The summed E-state index contributed by atoms with van der Waals surface area (Å²) in [5.74, 6) is -0.617. The second kappa shape index (κ2) is 7.07. The maximum atomic E-state index is 13.0. The first-order valence-corrected chi connectivity index (χ1v) is 9.17. The van der Waals surface area contributed by atoms with Gasteiger partial charge in [-0.15, -0.1) is 0 Å². The van der Waals surface area contributed by atoms with E-state index >= 15 is 0 Å². The van der Waals surface area contributed by atoms with Crippen molar-refractivity contribution < 1.29 is 14.0 Å². The number of hydrogen-bond acceptors (Lipinski definition) is 3. The van der Waals surface area contributed by atoms with Gasteiger partial charge in [-0.3, -0.25) is 14.3 Å². The highest BCUT2D eigenvalue weighted by molar-refractivity contribution is 6.05. The Kier molecular flexibility index (Phi) is 4.58. The monoisotopic (exact) mass is 380 g/mol. The number of carbonyl (C=O) groups is 2. The highest BCUT2D eigenvalue weighted by atomic mass is 19.1. The summed E-state index contributed by atoms with van der Waals surface area (Å²) in [5, 5.41) is 8.09. The number of halogens is 1. The third-order valence-corrected chi connectivity index (χ3v) is 5.06. The summed E-state index contributed by atoms with van der Waals surface area (Å²) in [6.45, 7) is 2.79. The van der Waals surface area contributed by atoms with E-state index in [9.17, 15) is 14.0 Å². The summed E-state index contributed by atoms with van der Waals surface area (Å²) in [5.41, 5.74) is 3.16. The number of nitrogens with one attached hydrogen (secondary N) is 1. The lowest BCUT2D eigenvalue weighted by Gasteiger charge is -2.17. The van der Waals surface area contributed by atoms with Crippen molar-refractivity contribution in [1.29, 1.82) is 0 Å². The number of amides is 2. The Morgan fingerprint density at radius 3 is 2.75 bits per heavy atom. The minimum absolute atomic E-state index is 0.0312. The molecule has 1 fully saturated rings. The van der Waals surface area contributed by atoms with Crippen LogP contribution in [0.1, 0.15) is 28.0 Å². The van der Waals surface area contributed by atoms with Crippen LogP contribution in [0.25, 0.3) is 10.9 Å². The molecule has 144 valence electrons. The van der Waals surface area contributed by atoms with Crippen LogP contribution >= 0.6 is 0 Å². The van der Waals surface area contributed by atoms with Crippen LogP contribution in [0.3, 0.4) is 0 Å². The van der Waals surface area contributed by atoms with Crippen molar-refractivity contribution in [2.45, 2.75) is 25.9 Å². The van der Waals surface area contributed by atoms with Gasteiger partial charge >= 0.3 is 0 Å². The summed E-state index contributed by atoms with van der Waals surface area (Å²) in [6, 6.07) is 11.7. The Balaban J connectivity index is 1.46. The molecule has 1 aliphatic rings. The Morgan fingerprint density at radius 1 is 1.25 bits per heavy atom. The van der Waals surface area contributed by atoms with E-state index in [1.165, 1.54) is 12.1 Å². The maximum Gasteiger partial charge on any atom is 0.272 e. The van der Waals surface area contributed by atoms with E-state index in [1.807, 2.05) is 25.1 Å². The number of aryl methyl sites for hydroxylation is 2. The molecule has 7 heteroatoms. The first-order chi connectivity index (χ1) is 13.4. The van der Waals surface area contributed by atoms with E-state index in [0.717, 1.165) is 22.0 Å². The molecule has 1 aromatic heterocycles. The number of nitrogens with zero attached hydrogens (tertiary/aromatic N) is 3. The molecule has 1 atom stereocenters. The van der Waals surface area contributed by atoms with Crippen LogP contribution in [0.5, 0.6) is 0 Å². The van der Waals surface area contributed by atoms with Gasteiger partial charge in [-0.05, 0) is 36.8 Å². The third-order valence-electron chi connectivity index (χ3n) is 5.06. The predicted molar refractivity (Wildman–Crippen MR) is 103 cm³/mol. The molecule has 2 amide bonds. The van der Waals surface area contributed by atoms with Crippen molar-refractivity contribution in [3.05, 3.63) is 65.1 Å². The molecule has 6 nitrogen and oxygen atoms in total. The number of hydrogen-bond donors (Lipinski definition) is 1. The Hall–Kier alpha value is -3.22. The molecule has 4 rings (SSSR count). The SMILES string of the molecule is Cc1ccc2c(c1)c(C(=O)NC1CC(=O)N(Cc3ccc(F)cc3)C1)nn2C. The third kappa shape index (κ3) is 3.47. The summed E-state index contributed by atoms with van der Waals surface area (Å²) in [6.07, 6.45) is 0.247. The van der Waals surface area contributed by atoms with Crippen LogP contribution in [0.2, 0.25) is 0 Å². The van der Waals surface area contributed by atoms with Gasteiger partial charge in [0, 0.05) is 31.9 Å². The smallest absolute Gasteiger partial charge is 0.272 e. The van der Waals surface area contributed by atoms with Crippen LogP contribution in [0.4, 0.5) is 4.39 Å². The van der Waals surface area contributed by atoms with Gasteiger partial charge in [0.15, 0.2) is 5.69 Å². The zero-order valence-corrected chi connectivity index (χ0v) is 15.8. The van der Waals surface area contributed by atoms with E-state index in [-0.39, 0.29) is 30.1 Å². The second-order valence-electron chi connectivity index (χ2n) is 7.27. The number of rotatable bonds is 4. The van der Waals surface area contributed by atoms with Gasteiger partial charge < -0.3 is 10.2 Å². The molecule has 0 saturated carbocycles. The molecular formula is C21H21FN4O2. The average molecular weight is 380 g/mol. The molecule has 0 radical (unpaired) electrons. The van der Waals surface area contributed by atoms with Gasteiger partial charge in [0.05, 0.1) is 11.6 Å². The van der Waals surface area contributed by atoms with Crippen LogP contribution in [-0.2, 0) is 18.4 Å². The Labute approximate surface area is 161 Å². The molecule has 2 heterocycles. The zero-order valence-electron chi connectivity index (χ0n) is 15.8. The highest BCUT2D eigenvalue weighted by Crippen LogP contribution is 2.21. The van der Waals surface area contributed by atoms with Crippen molar-refractivity contribution in [3.8, 4) is 0 Å². The number of fused-ring (bicyclic) bond motifs is 1. The molecular weight excluding hydrogens is 359 g/mol. The van der Waals surface area contributed by atoms with Crippen LogP contribution in [-0.4, -0.2) is 39.1 Å². The highest BCUT2D eigenvalue weighted by Gasteiger charge is 2.31. The zero-order chi connectivity index (χ0) is 19.8. The summed E-state index contributed by atoms with van der Waals surface area (Å²) >= 11 is 0. The van der Waals surface area contributed by atoms with Crippen molar-refractivity contribution in [3.63, 3.8) is 0 Å². The molecule has 1 aliphatic heterocycles. The normalized spacial score (nSPS) is 16.8. The Morgan fingerprint density at radius 2 is 2.00 bits per heavy atom. The van der Waals surface area contributed by atoms with Gasteiger partial charge in [0.1, 0.15) is 5.82 Å². The first kappa shape index (κ1) is 18.2. The van der Waals surface area contributed by atoms with Crippen molar-refractivity contribution >= 4 is 22.7 Å². The minimum atomic E-state index is -0.306. The summed E-state index contributed by atoms with van der Waals surface area (Å²) in [4.78, 5) is 26.8. The molecule has 0 spiro atoms. The van der Waals surface area contributed by atoms with E-state index in [0.29, 0.717) is 18.8 Å². The largest absolute Gasteiger partial charge is 0.346 e. The van der Waals surface area contributed by atoms with Crippen molar-refractivity contribution in [1.82, 2.24) is 20.0 Å². The van der Waals surface area contributed by atoms with Gasteiger partial charge in [-0.2, -0.15) is 5.10 Å². The lowest BCUT2D eigenvalue weighted by molar-refractivity contribution is -0.128. The summed E-state index contributed by atoms with van der Waals surface area (Å²) < 4.78 is 14.7.